The first kappa shape index (κ1) is 21.8. The standard InChI is InChI=1S/C21H28N2O4S/c1-15-6-7-20(18(4)11-15)27-9-8-22-21(24)14-23(28(5,25)26)19-12-16(2)10-17(3)13-19/h6-7,10-13H,8-9,14H2,1-5H3,(H,22,24). The van der Waals surface area contributed by atoms with Crippen LogP contribution in [0.15, 0.2) is 36.4 Å². The average molecular weight is 405 g/mol. The van der Waals surface area contributed by atoms with E-state index in [9.17, 15) is 13.2 Å². The van der Waals surface area contributed by atoms with E-state index >= 15 is 0 Å². The van der Waals surface area contributed by atoms with Gasteiger partial charge >= 0.3 is 0 Å². The second-order valence-electron chi connectivity index (χ2n) is 7.08. The van der Waals surface area contributed by atoms with Crippen LogP contribution in [-0.4, -0.2) is 40.3 Å². The highest BCUT2D eigenvalue weighted by Crippen LogP contribution is 2.21. The zero-order chi connectivity index (χ0) is 20.9. The van der Waals surface area contributed by atoms with Crippen LogP contribution in [0.2, 0.25) is 0 Å². The second-order valence-corrected chi connectivity index (χ2v) is 8.99. The van der Waals surface area contributed by atoms with Gasteiger partial charge in [-0.3, -0.25) is 9.10 Å². The van der Waals surface area contributed by atoms with Crippen LogP contribution in [0, 0.1) is 27.7 Å². The number of benzene rings is 2. The zero-order valence-electron chi connectivity index (χ0n) is 17.1. The minimum atomic E-state index is -3.59. The van der Waals surface area contributed by atoms with Crippen molar-refractivity contribution in [2.75, 3.05) is 30.3 Å². The number of carbonyl (C=O) groups excluding carboxylic acids is 1. The van der Waals surface area contributed by atoms with E-state index in [0.29, 0.717) is 12.3 Å². The van der Waals surface area contributed by atoms with E-state index in [2.05, 4.69) is 5.32 Å². The molecule has 0 radical (unpaired) electrons. The maximum atomic E-state index is 12.3. The molecule has 0 atom stereocenters. The van der Waals surface area contributed by atoms with E-state index in [-0.39, 0.29) is 19.0 Å². The summed E-state index contributed by atoms with van der Waals surface area (Å²) in [5, 5.41) is 2.72. The number of sulfonamides is 1. The normalized spacial score (nSPS) is 11.2. The van der Waals surface area contributed by atoms with E-state index in [1.807, 2.05) is 52.0 Å². The van der Waals surface area contributed by atoms with Crippen LogP contribution in [0.3, 0.4) is 0 Å². The summed E-state index contributed by atoms with van der Waals surface area (Å²) in [4.78, 5) is 12.3. The number of nitrogens with zero attached hydrogens (tertiary/aromatic N) is 1. The van der Waals surface area contributed by atoms with Crippen molar-refractivity contribution in [3.05, 3.63) is 58.7 Å². The fourth-order valence-electron chi connectivity index (χ4n) is 2.99. The van der Waals surface area contributed by atoms with Gasteiger partial charge in [0, 0.05) is 0 Å². The Bertz CT molecular complexity index is 935. The molecule has 28 heavy (non-hydrogen) atoms. The molecule has 0 unspecified atom stereocenters. The highest BCUT2D eigenvalue weighted by Gasteiger charge is 2.21. The van der Waals surface area contributed by atoms with Crippen LogP contribution in [0.5, 0.6) is 5.75 Å². The van der Waals surface area contributed by atoms with Gasteiger partial charge in [0.05, 0.1) is 18.5 Å². The summed E-state index contributed by atoms with van der Waals surface area (Å²) < 4.78 is 31.2. The van der Waals surface area contributed by atoms with Crippen LogP contribution in [0.25, 0.3) is 0 Å². The van der Waals surface area contributed by atoms with Gasteiger partial charge in [0.25, 0.3) is 0 Å². The lowest BCUT2D eigenvalue weighted by Gasteiger charge is -2.23. The number of ether oxygens (including phenoxy) is 1. The average Bonchev–Trinajstić information content (AvgIpc) is 2.56. The molecule has 0 aliphatic heterocycles. The van der Waals surface area contributed by atoms with Gasteiger partial charge in [0.15, 0.2) is 0 Å². The van der Waals surface area contributed by atoms with Crippen molar-refractivity contribution in [1.29, 1.82) is 0 Å². The summed E-state index contributed by atoms with van der Waals surface area (Å²) in [7, 11) is -3.59. The number of hydrogen-bond donors (Lipinski definition) is 1. The largest absolute Gasteiger partial charge is 0.491 e. The third-order valence-electron chi connectivity index (χ3n) is 4.19. The molecule has 2 aromatic rings. The van der Waals surface area contributed by atoms with Crippen LogP contribution < -0.4 is 14.4 Å². The molecule has 0 saturated heterocycles. The molecule has 1 amide bonds. The third-order valence-corrected chi connectivity index (χ3v) is 5.33. The fourth-order valence-corrected chi connectivity index (χ4v) is 3.83. The maximum absolute atomic E-state index is 12.3. The van der Waals surface area contributed by atoms with Gasteiger partial charge in [-0.25, -0.2) is 8.42 Å². The molecule has 0 spiro atoms. The number of hydrogen-bond acceptors (Lipinski definition) is 4. The monoisotopic (exact) mass is 404 g/mol. The Morgan fingerprint density at radius 3 is 2.21 bits per heavy atom. The Kier molecular flexibility index (Phi) is 7.07. The highest BCUT2D eigenvalue weighted by atomic mass is 32.2. The van der Waals surface area contributed by atoms with Gasteiger partial charge in [-0.2, -0.15) is 0 Å². The van der Waals surface area contributed by atoms with Crippen LogP contribution in [0.4, 0.5) is 5.69 Å². The van der Waals surface area contributed by atoms with E-state index in [1.54, 1.807) is 12.1 Å². The van der Waals surface area contributed by atoms with Crippen LogP contribution in [-0.2, 0) is 14.8 Å². The van der Waals surface area contributed by atoms with Crippen molar-refractivity contribution in [2.45, 2.75) is 27.7 Å². The quantitative estimate of drug-likeness (QED) is 0.687. The Balaban J connectivity index is 1.95. The van der Waals surface area contributed by atoms with Gasteiger partial charge < -0.3 is 10.1 Å². The summed E-state index contributed by atoms with van der Waals surface area (Å²) >= 11 is 0. The molecule has 0 fully saturated rings. The molecule has 2 rings (SSSR count). The van der Waals surface area contributed by atoms with Gasteiger partial charge in [-0.05, 0) is 62.6 Å². The molecule has 7 heteroatoms. The molecule has 0 bridgehead atoms. The number of amides is 1. The zero-order valence-corrected chi connectivity index (χ0v) is 17.9. The topological polar surface area (TPSA) is 75.7 Å². The maximum Gasteiger partial charge on any atom is 0.240 e. The molecule has 0 aliphatic rings. The smallest absolute Gasteiger partial charge is 0.240 e. The molecular formula is C21H28N2O4S. The third kappa shape index (κ3) is 6.27. The first-order valence-corrected chi connectivity index (χ1v) is 10.9. The van der Waals surface area contributed by atoms with Crippen LogP contribution >= 0.6 is 0 Å². The molecule has 2 aromatic carbocycles. The van der Waals surface area contributed by atoms with E-state index < -0.39 is 10.0 Å². The van der Waals surface area contributed by atoms with E-state index in [0.717, 1.165) is 38.6 Å². The number of nitrogens with one attached hydrogen (secondary N) is 1. The summed E-state index contributed by atoms with van der Waals surface area (Å²) in [6, 6.07) is 11.4. The summed E-state index contributed by atoms with van der Waals surface area (Å²) in [5.74, 6) is 0.390. The number of carbonyl (C=O) groups is 1. The molecular weight excluding hydrogens is 376 g/mol. The number of rotatable bonds is 8. The summed E-state index contributed by atoms with van der Waals surface area (Å²) in [6.45, 7) is 8.08. The molecule has 152 valence electrons. The number of aryl methyl sites for hydroxylation is 4. The number of anilines is 1. The Morgan fingerprint density at radius 2 is 1.64 bits per heavy atom. The van der Waals surface area contributed by atoms with Crippen molar-refractivity contribution in [3.63, 3.8) is 0 Å². The highest BCUT2D eigenvalue weighted by molar-refractivity contribution is 7.92. The lowest BCUT2D eigenvalue weighted by atomic mass is 10.1. The molecule has 0 aromatic heterocycles. The lowest BCUT2D eigenvalue weighted by molar-refractivity contribution is -0.119. The Labute approximate surface area is 167 Å². The Hall–Kier alpha value is -2.54. The SMILES string of the molecule is Cc1cc(C)cc(N(CC(=O)NCCOc2ccc(C)cc2C)S(C)(=O)=O)c1. The Morgan fingerprint density at radius 1 is 1.00 bits per heavy atom. The molecule has 0 aliphatic carbocycles. The van der Waals surface area contributed by atoms with Crippen LogP contribution in [0.1, 0.15) is 22.3 Å². The van der Waals surface area contributed by atoms with Crippen molar-refractivity contribution in [1.82, 2.24) is 5.32 Å². The fraction of sp³-hybridized carbons (Fsp3) is 0.381. The molecule has 0 heterocycles. The van der Waals surface area contributed by atoms with Gasteiger partial charge in [-0.15, -0.1) is 0 Å². The predicted molar refractivity (Wildman–Crippen MR) is 113 cm³/mol. The first-order chi connectivity index (χ1) is 13.1. The van der Waals surface area contributed by atoms with Crippen molar-refractivity contribution in [2.24, 2.45) is 0 Å². The van der Waals surface area contributed by atoms with Crippen molar-refractivity contribution < 1.29 is 17.9 Å². The predicted octanol–water partition coefficient (Wildman–Crippen LogP) is 2.88. The first-order valence-electron chi connectivity index (χ1n) is 9.09. The lowest BCUT2D eigenvalue weighted by Crippen LogP contribution is -2.41. The molecule has 1 N–H and O–H groups in total. The van der Waals surface area contributed by atoms with Gasteiger partial charge in [-0.1, -0.05) is 23.8 Å². The van der Waals surface area contributed by atoms with E-state index in [1.165, 1.54) is 0 Å². The minimum absolute atomic E-state index is 0.273. The van der Waals surface area contributed by atoms with Crippen molar-refractivity contribution >= 4 is 21.6 Å². The minimum Gasteiger partial charge on any atom is -0.491 e. The van der Waals surface area contributed by atoms with Crippen molar-refractivity contribution in [3.8, 4) is 5.75 Å². The summed E-state index contributed by atoms with van der Waals surface area (Å²) in [6.07, 6.45) is 1.10. The second kappa shape index (κ2) is 9.10. The summed E-state index contributed by atoms with van der Waals surface area (Å²) in [5.41, 5.74) is 4.55. The van der Waals surface area contributed by atoms with Gasteiger partial charge in [0.2, 0.25) is 15.9 Å². The van der Waals surface area contributed by atoms with E-state index in [4.69, 9.17) is 4.74 Å². The van der Waals surface area contributed by atoms with Gasteiger partial charge in [0.1, 0.15) is 18.9 Å². The molecule has 0 saturated carbocycles. The molecule has 6 nitrogen and oxygen atoms in total.